The predicted molar refractivity (Wildman–Crippen MR) is 59.4 cm³/mol. The van der Waals surface area contributed by atoms with Crippen LogP contribution in [0.1, 0.15) is 17.2 Å². The van der Waals surface area contributed by atoms with Gasteiger partial charge in [-0.15, -0.1) is 0 Å². The van der Waals surface area contributed by atoms with Gasteiger partial charge in [0, 0.05) is 28.1 Å². The fraction of sp³-hybridized carbons (Fsp3) is 0.400. The predicted octanol–water partition coefficient (Wildman–Crippen LogP) is 2.99. The molecule has 1 aromatic rings. The molecule has 0 bridgehead atoms. The Bertz CT molecular complexity index is 356. The zero-order valence-electron chi connectivity index (χ0n) is 7.81. The Balaban J connectivity index is 2.51. The van der Waals surface area contributed by atoms with Crippen molar-refractivity contribution in [1.82, 2.24) is 5.32 Å². The normalized spacial score (nSPS) is 20.6. The topological polar surface area (TPSA) is 12.0 Å². The molecule has 14 heavy (non-hydrogen) atoms. The zero-order chi connectivity index (χ0) is 10.1. The van der Waals surface area contributed by atoms with Crippen LogP contribution in [0.2, 0.25) is 5.02 Å². The van der Waals surface area contributed by atoms with Gasteiger partial charge < -0.3 is 5.32 Å². The SMILES string of the molecule is CNC1CSCc2c(F)cc(Cl)cc21. The third kappa shape index (κ3) is 1.76. The zero-order valence-corrected chi connectivity index (χ0v) is 9.38. The highest BCUT2D eigenvalue weighted by Gasteiger charge is 2.22. The van der Waals surface area contributed by atoms with E-state index >= 15 is 0 Å². The van der Waals surface area contributed by atoms with Crippen molar-refractivity contribution < 1.29 is 4.39 Å². The molecule has 0 spiro atoms. The van der Waals surface area contributed by atoms with E-state index in [-0.39, 0.29) is 11.9 Å². The Labute approximate surface area is 92.0 Å². The van der Waals surface area contributed by atoms with E-state index in [4.69, 9.17) is 11.6 Å². The van der Waals surface area contributed by atoms with E-state index in [2.05, 4.69) is 5.32 Å². The average molecular weight is 232 g/mol. The van der Waals surface area contributed by atoms with Crippen LogP contribution in [0.4, 0.5) is 4.39 Å². The van der Waals surface area contributed by atoms with E-state index in [1.807, 2.05) is 13.1 Å². The van der Waals surface area contributed by atoms with Gasteiger partial charge in [-0.3, -0.25) is 0 Å². The number of hydrogen-bond acceptors (Lipinski definition) is 2. The Morgan fingerprint density at radius 1 is 1.57 bits per heavy atom. The summed E-state index contributed by atoms with van der Waals surface area (Å²) in [4.78, 5) is 0. The maximum Gasteiger partial charge on any atom is 0.129 e. The summed E-state index contributed by atoms with van der Waals surface area (Å²) in [5.41, 5.74) is 1.81. The van der Waals surface area contributed by atoms with Crippen LogP contribution in [0.25, 0.3) is 0 Å². The Hall–Kier alpha value is -0.250. The number of benzene rings is 1. The van der Waals surface area contributed by atoms with E-state index in [9.17, 15) is 4.39 Å². The maximum absolute atomic E-state index is 13.5. The first-order valence-electron chi connectivity index (χ1n) is 4.45. The first kappa shape index (κ1) is 10.3. The molecule has 1 heterocycles. The second-order valence-electron chi connectivity index (χ2n) is 3.31. The van der Waals surface area contributed by atoms with Gasteiger partial charge in [-0.25, -0.2) is 4.39 Å². The summed E-state index contributed by atoms with van der Waals surface area (Å²) >= 11 is 7.57. The fourth-order valence-corrected chi connectivity index (χ4v) is 3.12. The first-order chi connectivity index (χ1) is 6.72. The van der Waals surface area contributed by atoms with Crippen LogP contribution in [0.15, 0.2) is 12.1 Å². The summed E-state index contributed by atoms with van der Waals surface area (Å²) in [6.45, 7) is 0. The molecule has 0 saturated carbocycles. The second kappa shape index (κ2) is 4.09. The molecule has 1 unspecified atom stereocenters. The van der Waals surface area contributed by atoms with Crippen LogP contribution < -0.4 is 5.32 Å². The summed E-state index contributed by atoms with van der Waals surface area (Å²) in [5.74, 6) is 1.54. The molecular weight excluding hydrogens is 221 g/mol. The van der Waals surface area contributed by atoms with Crippen molar-refractivity contribution in [1.29, 1.82) is 0 Å². The fourth-order valence-electron chi connectivity index (χ4n) is 1.69. The summed E-state index contributed by atoms with van der Waals surface area (Å²) in [6, 6.07) is 3.47. The summed E-state index contributed by atoms with van der Waals surface area (Å²) < 4.78 is 13.5. The standard InChI is InChI=1S/C10H11ClFNS/c1-13-10-5-14-4-8-7(10)2-6(11)3-9(8)12/h2-3,10,13H,4-5H2,1H3. The molecule has 4 heteroatoms. The van der Waals surface area contributed by atoms with Crippen molar-refractivity contribution >= 4 is 23.4 Å². The van der Waals surface area contributed by atoms with E-state index in [0.29, 0.717) is 5.02 Å². The van der Waals surface area contributed by atoms with E-state index < -0.39 is 0 Å². The molecule has 0 radical (unpaired) electrons. The molecule has 2 rings (SSSR count). The molecular formula is C10H11ClFNS. The maximum atomic E-state index is 13.5. The molecule has 1 aliphatic heterocycles. The van der Waals surface area contributed by atoms with Crippen LogP contribution in [0.5, 0.6) is 0 Å². The minimum atomic E-state index is -0.181. The summed E-state index contributed by atoms with van der Waals surface area (Å²) in [7, 11) is 1.89. The molecule has 1 N–H and O–H groups in total. The lowest BCUT2D eigenvalue weighted by atomic mass is 10.0. The first-order valence-corrected chi connectivity index (χ1v) is 5.98. The number of rotatable bonds is 1. The Morgan fingerprint density at radius 2 is 2.36 bits per heavy atom. The van der Waals surface area contributed by atoms with Crippen LogP contribution in [-0.4, -0.2) is 12.8 Å². The molecule has 76 valence electrons. The smallest absolute Gasteiger partial charge is 0.129 e. The van der Waals surface area contributed by atoms with E-state index in [0.717, 1.165) is 22.6 Å². The van der Waals surface area contributed by atoms with Gasteiger partial charge in [0.2, 0.25) is 0 Å². The number of hydrogen-bond donors (Lipinski definition) is 1. The van der Waals surface area contributed by atoms with Crippen molar-refractivity contribution in [2.24, 2.45) is 0 Å². The largest absolute Gasteiger partial charge is 0.312 e. The molecule has 0 fully saturated rings. The molecule has 0 amide bonds. The lowest BCUT2D eigenvalue weighted by Crippen LogP contribution is -2.23. The third-order valence-corrected chi connectivity index (χ3v) is 3.73. The van der Waals surface area contributed by atoms with Gasteiger partial charge in [0.1, 0.15) is 5.82 Å². The van der Waals surface area contributed by atoms with Gasteiger partial charge in [-0.1, -0.05) is 11.6 Å². The van der Waals surface area contributed by atoms with Gasteiger partial charge in [0.25, 0.3) is 0 Å². The summed E-state index contributed by atoms with van der Waals surface area (Å²) in [5, 5.41) is 3.65. The Morgan fingerprint density at radius 3 is 3.07 bits per heavy atom. The average Bonchev–Trinajstić information content (AvgIpc) is 2.17. The molecule has 0 aliphatic carbocycles. The van der Waals surface area contributed by atoms with Crippen molar-refractivity contribution in [2.75, 3.05) is 12.8 Å². The monoisotopic (exact) mass is 231 g/mol. The molecule has 1 aliphatic rings. The third-order valence-electron chi connectivity index (χ3n) is 2.45. The van der Waals surface area contributed by atoms with Gasteiger partial charge in [0.15, 0.2) is 0 Å². The van der Waals surface area contributed by atoms with Crippen molar-refractivity contribution in [2.45, 2.75) is 11.8 Å². The number of halogens is 2. The lowest BCUT2D eigenvalue weighted by Gasteiger charge is -2.25. The van der Waals surface area contributed by atoms with Gasteiger partial charge in [-0.2, -0.15) is 11.8 Å². The lowest BCUT2D eigenvalue weighted by molar-refractivity contribution is 0.593. The highest BCUT2D eigenvalue weighted by atomic mass is 35.5. The molecule has 1 aromatic carbocycles. The molecule has 1 nitrogen and oxygen atoms in total. The summed E-state index contributed by atoms with van der Waals surface area (Å²) in [6.07, 6.45) is 0. The highest BCUT2D eigenvalue weighted by molar-refractivity contribution is 7.98. The van der Waals surface area contributed by atoms with Crippen molar-refractivity contribution in [3.63, 3.8) is 0 Å². The van der Waals surface area contributed by atoms with E-state index in [1.54, 1.807) is 11.8 Å². The molecule has 0 aromatic heterocycles. The number of nitrogens with one attached hydrogen (secondary N) is 1. The number of fused-ring (bicyclic) bond motifs is 1. The van der Waals surface area contributed by atoms with Crippen LogP contribution in [-0.2, 0) is 5.75 Å². The van der Waals surface area contributed by atoms with Crippen molar-refractivity contribution in [3.05, 3.63) is 34.1 Å². The molecule has 1 atom stereocenters. The van der Waals surface area contributed by atoms with Crippen LogP contribution in [0.3, 0.4) is 0 Å². The van der Waals surface area contributed by atoms with Gasteiger partial charge >= 0.3 is 0 Å². The number of thioether (sulfide) groups is 1. The Kier molecular flexibility index (Phi) is 3.00. The minimum Gasteiger partial charge on any atom is -0.312 e. The molecule has 0 saturated heterocycles. The van der Waals surface area contributed by atoms with Crippen molar-refractivity contribution in [3.8, 4) is 0 Å². The van der Waals surface area contributed by atoms with Crippen LogP contribution >= 0.6 is 23.4 Å². The van der Waals surface area contributed by atoms with Gasteiger partial charge in [-0.05, 0) is 24.7 Å². The highest BCUT2D eigenvalue weighted by Crippen LogP contribution is 2.34. The minimum absolute atomic E-state index is 0.181. The van der Waals surface area contributed by atoms with E-state index in [1.165, 1.54) is 6.07 Å². The quantitative estimate of drug-likeness (QED) is 0.798. The van der Waals surface area contributed by atoms with Gasteiger partial charge in [0.05, 0.1) is 0 Å². The second-order valence-corrected chi connectivity index (χ2v) is 4.78. The van der Waals surface area contributed by atoms with Crippen LogP contribution in [0, 0.1) is 5.82 Å².